The van der Waals surface area contributed by atoms with Gasteiger partial charge in [-0.05, 0) is 14.1 Å². The minimum absolute atomic E-state index is 0. The van der Waals surface area contributed by atoms with Crippen LogP contribution in [0, 0.1) is 4.91 Å². The van der Waals surface area contributed by atoms with Gasteiger partial charge in [0, 0.05) is 22.5 Å². The molecule has 0 saturated carbocycles. The second kappa shape index (κ2) is 4.67. The maximum atomic E-state index is 11.0. The summed E-state index contributed by atoms with van der Waals surface area (Å²) >= 11 is 0. The molecule has 1 saturated heterocycles. The van der Waals surface area contributed by atoms with Crippen molar-refractivity contribution in [2.75, 3.05) is 27.2 Å². The summed E-state index contributed by atoms with van der Waals surface area (Å²) in [5, 5.41) is 0. The molecule has 1 aliphatic heterocycles. The van der Waals surface area contributed by atoms with Crippen molar-refractivity contribution in [1.29, 1.82) is 0 Å². The number of nitroso groups, excluding NO2 is 1. The van der Waals surface area contributed by atoms with Crippen LogP contribution in [0.25, 0.3) is 0 Å². The second-order valence-corrected chi connectivity index (χ2v) is 3.20. The van der Waals surface area contributed by atoms with Crippen molar-refractivity contribution >= 4 is 0 Å². The Balaban J connectivity index is 0.000001000. The summed E-state index contributed by atoms with van der Waals surface area (Å²) in [6, 6.07) is 0.259. The van der Waals surface area contributed by atoms with Gasteiger partial charge in [-0.25, -0.2) is 0 Å². The van der Waals surface area contributed by atoms with E-state index in [1.165, 1.54) is 4.76 Å². The standard InChI is InChI=1S/C7H15N2O.ClH/c1-8(2)6-7-4-3-5-9(7)10;/h7H,3-6H2,1-2H3;1H/q+1;/p-1. The maximum Gasteiger partial charge on any atom is 0.214 e. The van der Waals surface area contributed by atoms with Crippen LogP contribution in [-0.4, -0.2) is 42.9 Å². The van der Waals surface area contributed by atoms with E-state index in [0.717, 1.165) is 25.9 Å². The first kappa shape index (κ1) is 10.8. The van der Waals surface area contributed by atoms with Crippen molar-refractivity contribution in [3.63, 3.8) is 0 Å². The molecule has 1 aliphatic rings. The van der Waals surface area contributed by atoms with Crippen LogP contribution in [0.15, 0.2) is 0 Å². The van der Waals surface area contributed by atoms with Crippen LogP contribution in [0.1, 0.15) is 12.8 Å². The van der Waals surface area contributed by atoms with E-state index in [1.807, 2.05) is 14.1 Å². The van der Waals surface area contributed by atoms with E-state index in [0.29, 0.717) is 0 Å². The van der Waals surface area contributed by atoms with E-state index in [4.69, 9.17) is 0 Å². The number of hydrogen-bond acceptors (Lipinski definition) is 2. The monoisotopic (exact) mass is 178 g/mol. The van der Waals surface area contributed by atoms with Gasteiger partial charge in [0.15, 0.2) is 6.54 Å². The summed E-state index contributed by atoms with van der Waals surface area (Å²) in [6.07, 6.45) is 2.14. The van der Waals surface area contributed by atoms with E-state index >= 15 is 0 Å². The molecular formula is C7H15ClN2O. The molecule has 0 aliphatic carbocycles. The molecule has 1 rings (SSSR count). The molecule has 1 heterocycles. The molecule has 4 heteroatoms. The zero-order valence-corrected chi connectivity index (χ0v) is 7.84. The summed E-state index contributed by atoms with van der Waals surface area (Å²) in [5.74, 6) is 0. The highest BCUT2D eigenvalue weighted by Crippen LogP contribution is 2.11. The molecule has 1 fully saturated rings. The smallest absolute Gasteiger partial charge is 0.214 e. The molecule has 0 radical (unpaired) electrons. The summed E-state index contributed by atoms with van der Waals surface area (Å²) in [6.45, 7) is 1.64. The van der Waals surface area contributed by atoms with Gasteiger partial charge in [0.05, 0.1) is 6.54 Å². The molecular weight excluding hydrogens is 164 g/mol. The minimum atomic E-state index is 0. The number of halogens is 1. The molecule has 0 bridgehead atoms. The Labute approximate surface area is 73.7 Å². The van der Waals surface area contributed by atoms with Gasteiger partial charge in [0.25, 0.3) is 0 Å². The lowest BCUT2D eigenvalue weighted by atomic mass is 10.2. The number of rotatable bonds is 2. The van der Waals surface area contributed by atoms with Crippen LogP contribution in [0.2, 0.25) is 0 Å². The summed E-state index contributed by atoms with van der Waals surface area (Å²) in [5.41, 5.74) is 0. The van der Waals surface area contributed by atoms with Gasteiger partial charge < -0.3 is 17.3 Å². The molecule has 0 spiro atoms. The Kier molecular flexibility index (Phi) is 4.61. The van der Waals surface area contributed by atoms with Gasteiger partial charge in [-0.15, -0.1) is 0 Å². The van der Waals surface area contributed by atoms with Crippen LogP contribution in [-0.2, 0) is 0 Å². The summed E-state index contributed by atoms with van der Waals surface area (Å²) in [4.78, 5) is 13.1. The average molecular weight is 179 g/mol. The van der Waals surface area contributed by atoms with Crippen molar-refractivity contribution in [2.24, 2.45) is 0 Å². The zero-order valence-electron chi connectivity index (χ0n) is 7.09. The fraction of sp³-hybridized carbons (Fsp3) is 1.00. The minimum Gasteiger partial charge on any atom is -1.00 e. The van der Waals surface area contributed by atoms with Crippen LogP contribution in [0.3, 0.4) is 0 Å². The lowest BCUT2D eigenvalue weighted by Gasteiger charge is -2.08. The van der Waals surface area contributed by atoms with Crippen LogP contribution in [0.4, 0.5) is 0 Å². The Hall–Kier alpha value is -0.150. The molecule has 0 aromatic heterocycles. The third kappa shape index (κ3) is 3.16. The highest BCUT2D eigenvalue weighted by atomic mass is 35.5. The molecule has 66 valence electrons. The van der Waals surface area contributed by atoms with E-state index in [1.54, 1.807) is 0 Å². The molecule has 0 aromatic rings. The van der Waals surface area contributed by atoms with Crippen molar-refractivity contribution < 1.29 is 17.2 Å². The van der Waals surface area contributed by atoms with E-state index < -0.39 is 0 Å². The number of likely N-dealkylation sites (N-methyl/N-ethyl adjacent to an activating group) is 1. The summed E-state index contributed by atoms with van der Waals surface area (Å²) in [7, 11) is 4.01. The first-order chi connectivity index (χ1) is 4.70. The van der Waals surface area contributed by atoms with Crippen molar-refractivity contribution in [3.8, 4) is 0 Å². The SMILES string of the molecule is CN(C)CC1CCC[N+]1=O.[Cl-]. The first-order valence-electron chi connectivity index (χ1n) is 3.78. The normalized spacial score (nSPS) is 23.9. The lowest BCUT2D eigenvalue weighted by Crippen LogP contribution is -3.00. The van der Waals surface area contributed by atoms with Crippen LogP contribution in [0.5, 0.6) is 0 Å². The van der Waals surface area contributed by atoms with Gasteiger partial charge in [0.2, 0.25) is 6.04 Å². The van der Waals surface area contributed by atoms with E-state index in [-0.39, 0.29) is 18.4 Å². The Morgan fingerprint density at radius 1 is 1.55 bits per heavy atom. The van der Waals surface area contributed by atoms with E-state index in [9.17, 15) is 4.91 Å². The Morgan fingerprint density at radius 3 is 2.55 bits per heavy atom. The van der Waals surface area contributed by atoms with Gasteiger partial charge in [0.1, 0.15) is 0 Å². The lowest BCUT2D eigenvalue weighted by molar-refractivity contribution is -0.564. The predicted molar refractivity (Wildman–Crippen MR) is 40.1 cm³/mol. The average Bonchev–Trinajstić information content (AvgIpc) is 2.15. The van der Waals surface area contributed by atoms with Crippen LogP contribution < -0.4 is 12.4 Å². The zero-order chi connectivity index (χ0) is 7.56. The third-order valence-corrected chi connectivity index (χ3v) is 1.90. The van der Waals surface area contributed by atoms with Gasteiger partial charge in [-0.1, -0.05) is 0 Å². The Morgan fingerprint density at radius 2 is 2.18 bits per heavy atom. The van der Waals surface area contributed by atoms with Gasteiger partial charge in [-0.2, -0.15) is 0 Å². The molecule has 0 N–H and O–H groups in total. The molecule has 11 heavy (non-hydrogen) atoms. The number of nitrogens with zero attached hydrogens (tertiary/aromatic N) is 2. The molecule has 0 aromatic carbocycles. The van der Waals surface area contributed by atoms with Gasteiger partial charge in [-0.3, -0.25) is 0 Å². The highest BCUT2D eigenvalue weighted by Gasteiger charge is 2.31. The Bertz CT molecular complexity index is 138. The quantitative estimate of drug-likeness (QED) is 0.437. The first-order valence-corrected chi connectivity index (χ1v) is 3.78. The predicted octanol–water partition coefficient (Wildman–Crippen LogP) is -2.51. The van der Waals surface area contributed by atoms with E-state index in [2.05, 4.69) is 4.90 Å². The fourth-order valence-corrected chi connectivity index (χ4v) is 1.41. The van der Waals surface area contributed by atoms with Crippen molar-refractivity contribution in [2.45, 2.75) is 18.9 Å². The van der Waals surface area contributed by atoms with Crippen LogP contribution >= 0.6 is 0 Å². The molecule has 1 unspecified atom stereocenters. The van der Waals surface area contributed by atoms with Gasteiger partial charge >= 0.3 is 0 Å². The summed E-state index contributed by atoms with van der Waals surface area (Å²) < 4.78 is 1.21. The topological polar surface area (TPSA) is 23.3 Å². The van der Waals surface area contributed by atoms with Crippen molar-refractivity contribution in [3.05, 3.63) is 4.91 Å². The maximum absolute atomic E-state index is 11.0. The third-order valence-electron chi connectivity index (χ3n) is 1.90. The highest BCUT2D eigenvalue weighted by molar-refractivity contribution is 4.64. The molecule has 1 atom stereocenters. The number of hydrogen-bond donors (Lipinski definition) is 0. The molecule has 3 nitrogen and oxygen atoms in total. The van der Waals surface area contributed by atoms with Crippen molar-refractivity contribution in [1.82, 2.24) is 4.90 Å². The second-order valence-electron chi connectivity index (χ2n) is 3.20. The molecule has 0 amide bonds. The fourth-order valence-electron chi connectivity index (χ4n) is 1.41. The largest absolute Gasteiger partial charge is 1.00 e.